The lowest BCUT2D eigenvalue weighted by Gasteiger charge is -2.10. The number of hydrogen-bond donors (Lipinski definition) is 8. The zero-order valence-electron chi connectivity index (χ0n) is 42.2. The molecular weight excluding hydrogens is 965 g/mol. The lowest BCUT2D eigenvalue weighted by molar-refractivity contribution is 0.101. The highest BCUT2D eigenvalue weighted by Crippen LogP contribution is 2.21. The predicted molar refractivity (Wildman–Crippen MR) is 297 cm³/mol. The van der Waals surface area contributed by atoms with Crippen molar-refractivity contribution < 1.29 is 28.6 Å². The molecule has 0 radical (unpaired) electrons. The predicted octanol–water partition coefficient (Wildman–Crippen LogP) is 8.34. The van der Waals surface area contributed by atoms with E-state index in [9.17, 15) is 14.4 Å². The molecule has 9 rings (SSSR count). The van der Waals surface area contributed by atoms with Gasteiger partial charge in [0.05, 0.1) is 67.1 Å². The van der Waals surface area contributed by atoms with Gasteiger partial charge in [-0.2, -0.15) is 10.2 Å². The van der Waals surface area contributed by atoms with Gasteiger partial charge < -0.3 is 58.0 Å². The largest absolute Gasteiger partial charge is 0.480 e. The summed E-state index contributed by atoms with van der Waals surface area (Å²) >= 11 is 0. The number of hydrogen-bond acceptors (Lipinski definition) is 14. The minimum Gasteiger partial charge on any atom is -0.480 e. The Labute approximate surface area is 439 Å². The highest BCUT2D eigenvalue weighted by Gasteiger charge is 2.12. The number of carbonyl (C=O) groups excluding carboxylic acids is 3. The Hall–Kier alpha value is -9.92. The van der Waals surface area contributed by atoms with E-state index < -0.39 is 0 Å². The number of nitrogens with two attached hydrogens (primary N) is 3. The minimum atomic E-state index is -0.198. The third-order valence-corrected chi connectivity index (χ3v) is 11.3. The lowest BCUT2D eigenvalue weighted by atomic mass is 10.1. The molecule has 9 aromatic rings. The van der Waals surface area contributed by atoms with Crippen molar-refractivity contribution in [3.8, 4) is 5.88 Å². The van der Waals surface area contributed by atoms with Crippen molar-refractivity contribution in [2.75, 3.05) is 78.6 Å². The zero-order valence-corrected chi connectivity index (χ0v) is 42.2. The Balaban J connectivity index is 0.000000166. The second-order valence-corrected chi connectivity index (χ2v) is 16.8. The molecule has 11 N–H and O–H groups in total. The summed E-state index contributed by atoms with van der Waals surface area (Å²) in [4.78, 5) is 37.0. The Morgan fingerprint density at radius 3 is 1.30 bits per heavy atom. The van der Waals surface area contributed by atoms with Gasteiger partial charge in [0.1, 0.15) is 25.1 Å². The monoisotopic (exact) mass is 1020 g/mol. The van der Waals surface area contributed by atoms with E-state index in [4.69, 9.17) is 31.4 Å². The van der Waals surface area contributed by atoms with Crippen LogP contribution in [0.25, 0.3) is 0 Å². The van der Waals surface area contributed by atoms with Crippen LogP contribution in [0.4, 0.5) is 45.8 Å². The van der Waals surface area contributed by atoms with E-state index >= 15 is 0 Å². The maximum atomic E-state index is 12.4. The molecule has 0 bridgehead atoms. The molecule has 0 fully saturated rings. The normalized spacial score (nSPS) is 10.5. The zero-order chi connectivity index (χ0) is 53.7. The number of nitrogen functional groups attached to an aromatic ring is 3. The summed E-state index contributed by atoms with van der Waals surface area (Å²) < 4.78 is 20.4. The number of nitrogens with one attached hydrogen (secondary N) is 5. The highest BCUT2D eigenvalue weighted by molar-refractivity contribution is 6.07. The molecule has 0 aliphatic rings. The molecule has 390 valence electrons. The van der Waals surface area contributed by atoms with Gasteiger partial charge in [0.15, 0.2) is 0 Å². The average Bonchev–Trinajstić information content (AvgIpc) is 4.22. The Kier molecular flexibility index (Phi) is 19.3. The fourth-order valence-electron chi connectivity index (χ4n) is 7.23. The lowest BCUT2D eigenvalue weighted by Crippen LogP contribution is -2.13. The number of carbonyl (C=O) groups is 3. The van der Waals surface area contributed by atoms with Crippen molar-refractivity contribution >= 4 is 63.5 Å². The van der Waals surface area contributed by atoms with E-state index in [0.717, 1.165) is 28.3 Å². The van der Waals surface area contributed by atoms with Gasteiger partial charge in [-0.25, -0.2) is 4.68 Å². The van der Waals surface area contributed by atoms with Crippen LogP contribution in [-0.2, 0) is 29.1 Å². The number of nitrogens with zero attached hydrogens (tertiary/aromatic N) is 6. The molecule has 20 nitrogen and oxygen atoms in total. The fraction of sp³-hybridized carbons (Fsp3) is 0.143. The molecule has 20 heteroatoms. The van der Waals surface area contributed by atoms with Gasteiger partial charge in [-0.05, 0) is 89.5 Å². The first-order valence-electron chi connectivity index (χ1n) is 23.8. The van der Waals surface area contributed by atoms with Gasteiger partial charge in [0.25, 0.3) is 17.7 Å². The molecule has 0 atom stereocenters. The van der Waals surface area contributed by atoms with Crippen LogP contribution in [0.15, 0.2) is 182 Å². The van der Waals surface area contributed by atoms with Crippen molar-refractivity contribution in [2.45, 2.75) is 19.6 Å². The van der Waals surface area contributed by atoms with Crippen LogP contribution < -0.4 is 48.5 Å². The van der Waals surface area contributed by atoms with Gasteiger partial charge >= 0.3 is 0 Å². The molecule has 0 unspecified atom stereocenters. The van der Waals surface area contributed by atoms with Crippen LogP contribution in [0.1, 0.15) is 47.8 Å². The molecule has 0 aliphatic heterocycles. The molecule has 76 heavy (non-hydrogen) atoms. The molecule has 6 aromatic carbocycles. The van der Waals surface area contributed by atoms with Crippen LogP contribution in [0.3, 0.4) is 0 Å². The van der Waals surface area contributed by atoms with Gasteiger partial charge in [0.2, 0.25) is 5.88 Å². The molecule has 0 saturated heterocycles. The third kappa shape index (κ3) is 15.8. The van der Waals surface area contributed by atoms with E-state index in [-0.39, 0.29) is 17.7 Å². The van der Waals surface area contributed by atoms with Crippen LogP contribution >= 0.6 is 0 Å². The molecule has 0 saturated carbocycles. The Morgan fingerprint density at radius 1 is 0.474 bits per heavy atom. The highest BCUT2D eigenvalue weighted by atomic mass is 16.5. The van der Waals surface area contributed by atoms with Crippen molar-refractivity contribution in [1.82, 2.24) is 29.3 Å². The van der Waals surface area contributed by atoms with Crippen molar-refractivity contribution in [3.05, 3.63) is 216 Å². The smallest absolute Gasteiger partial charge is 0.255 e. The van der Waals surface area contributed by atoms with Crippen LogP contribution in [0.5, 0.6) is 5.88 Å². The molecule has 0 aliphatic carbocycles. The average molecular weight is 1030 g/mol. The van der Waals surface area contributed by atoms with Crippen LogP contribution in [0, 0.1) is 0 Å². The summed E-state index contributed by atoms with van der Waals surface area (Å²) in [5.74, 6) is 1.61. The summed E-state index contributed by atoms with van der Waals surface area (Å²) in [5, 5.41) is 27.5. The summed E-state index contributed by atoms with van der Waals surface area (Å²) in [5.41, 5.74) is 25.8. The molecular formula is C56H60N14O6. The fourth-order valence-corrected chi connectivity index (χ4v) is 7.23. The van der Waals surface area contributed by atoms with Crippen molar-refractivity contribution in [3.63, 3.8) is 0 Å². The number of aromatic nitrogens is 6. The first-order chi connectivity index (χ1) is 37.0. The number of para-hydroxylation sites is 6. The standard InChI is InChI=1S/2C19H21N5O2.C18H18N4O2/c1-26-13-21-18-10-11-24(23-18)12-14-6-8-15(9-7-14)19(25)22-17-5-3-2-4-16(17)20;1-26-13-21-18-10-11-22-24(18)12-14-6-8-15(9-7-14)19(25)23-17-5-3-2-4-16(17)20;1-24-17-10-11-22(21-17)12-13-6-8-14(9-7-13)18(23)20-16-5-3-2-4-15(16)19/h2-11H,12-13,20H2,1H3,(H,21,23)(H,22,25);2-11,21H,12-13,20H2,1H3,(H,23,25);2-11H,12,19H2,1H3,(H,20,23). The number of methoxy groups -OCH3 is 3. The first kappa shape index (κ1) is 53.9. The third-order valence-electron chi connectivity index (χ3n) is 11.3. The van der Waals surface area contributed by atoms with Crippen molar-refractivity contribution in [2.24, 2.45) is 0 Å². The number of anilines is 8. The number of rotatable bonds is 19. The maximum Gasteiger partial charge on any atom is 0.255 e. The van der Waals surface area contributed by atoms with Crippen molar-refractivity contribution in [1.29, 1.82) is 0 Å². The van der Waals surface area contributed by atoms with Gasteiger partial charge in [-0.15, -0.1) is 5.10 Å². The quantitative estimate of drug-likeness (QED) is 0.0280. The van der Waals surface area contributed by atoms with E-state index in [0.29, 0.717) is 89.8 Å². The SMILES string of the molecule is COCNc1ccn(Cc2ccc(C(=O)Nc3ccccc3N)cc2)n1.COCNc1ccnn1Cc1ccc(C(=O)Nc2ccccc2N)cc1.COc1ccn(Cc2ccc(C(=O)Nc3ccccc3N)cc2)n1. The second-order valence-electron chi connectivity index (χ2n) is 16.8. The molecule has 0 spiro atoms. The number of benzene rings is 6. The van der Waals surface area contributed by atoms with E-state index in [1.54, 1.807) is 111 Å². The second kappa shape index (κ2) is 27.2. The van der Waals surface area contributed by atoms with E-state index in [1.807, 2.05) is 107 Å². The topological polar surface area (TPSA) is 271 Å². The Bertz CT molecular complexity index is 3280. The van der Waals surface area contributed by atoms with E-state index in [2.05, 4.69) is 41.9 Å². The Morgan fingerprint density at radius 2 is 0.882 bits per heavy atom. The summed E-state index contributed by atoms with van der Waals surface area (Å²) in [6.45, 7) is 2.63. The molecule has 3 aromatic heterocycles. The molecule has 3 amide bonds. The minimum absolute atomic E-state index is 0.194. The van der Waals surface area contributed by atoms with Crippen LogP contribution in [-0.4, -0.2) is 81.9 Å². The van der Waals surface area contributed by atoms with Crippen LogP contribution in [0.2, 0.25) is 0 Å². The van der Waals surface area contributed by atoms with Gasteiger partial charge in [-0.3, -0.25) is 23.7 Å². The number of ether oxygens (including phenoxy) is 3. The van der Waals surface area contributed by atoms with Gasteiger partial charge in [-0.1, -0.05) is 72.8 Å². The maximum absolute atomic E-state index is 12.4. The molecule has 3 heterocycles. The summed E-state index contributed by atoms with van der Waals surface area (Å²) in [6.07, 6.45) is 5.46. The summed E-state index contributed by atoms with van der Waals surface area (Å²) in [6, 6.07) is 49.2. The summed E-state index contributed by atoms with van der Waals surface area (Å²) in [7, 11) is 4.83. The van der Waals surface area contributed by atoms with Gasteiger partial charge in [0, 0.05) is 61.5 Å². The first-order valence-corrected chi connectivity index (χ1v) is 23.8. The van der Waals surface area contributed by atoms with E-state index in [1.165, 1.54) is 0 Å². The number of amides is 3.